The van der Waals surface area contributed by atoms with Crippen molar-refractivity contribution in [2.24, 2.45) is 0 Å². The lowest BCUT2D eigenvalue weighted by atomic mass is 10.1. The number of methoxy groups -OCH3 is 2. The Morgan fingerprint density at radius 1 is 1.00 bits per heavy atom. The third-order valence-corrected chi connectivity index (χ3v) is 9.54. The summed E-state index contributed by atoms with van der Waals surface area (Å²) in [6, 6.07) is 15.5. The summed E-state index contributed by atoms with van der Waals surface area (Å²) < 4.78 is 39.3. The fraction of sp³-hybridized carbons (Fsp3) is 0.379. The van der Waals surface area contributed by atoms with E-state index in [1.807, 2.05) is 37.3 Å². The Labute approximate surface area is 239 Å². The number of amides is 2. The second kappa shape index (κ2) is 12.8. The molecule has 1 fully saturated rings. The van der Waals surface area contributed by atoms with E-state index in [4.69, 9.17) is 9.47 Å². The number of sulfonamides is 1. The fourth-order valence-corrected chi connectivity index (χ4v) is 6.95. The summed E-state index contributed by atoms with van der Waals surface area (Å²) in [5, 5.41) is 2.64. The van der Waals surface area contributed by atoms with E-state index in [0.717, 1.165) is 15.3 Å². The topological polar surface area (TPSA) is 105 Å². The highest BCUT2D eigenvalue weighted by molar-refractivity contribution is 7.89. The zero-order valence-electron chi connectivity index (χ0n) is 23.2. The number of thiophene rings is 1. The van der Waals surface area contributed by atoms with Gasteiger partial charge >= 0.3 is 0 Å². The average molecular weight is 586 g/mol. The lowest BCUT2D eigenvalue weighted by molar-refractivity contribution is -0.132. The molecule has 1 aromatic heterocycles. The minimum absolute atomic E-state index is 0.0899. The summed E-state index contributed by atoms with van der Waals surface area (Å²) in [6.07, 6.45) is 2.00. The van der Waals surface area contributed by atoms with Gasteiger partial charge in [-0.05, 0) is 80.3 Å². The molecule has 40 heavy (non-hydrogen) atoms. The highest BCUT2D eigenvalue weighted by Crippen LogP contribution is 2.33. The van der Waals surface area contributed by atoms with Crippen LogP contribution < -0.4 is 14.8 Å². The Balaban J connectivity index is 1.53. The Morgan fingerprint density at radius 3 is 2.27 bits per heavy atom. The molecule has 1 aliphatic rings. The summed E-state index contributed by atoms with van der Waals surface area (Å²) in [5.74, 6) is 0.748. The van der Waals surface area contributed by atoms with Crippen LogP contribution in [0.3, 0.4) is 0 Å². The zero-order valence-corrected chi connectivity index (χ0v) is 24.8. The first-order valence-corrected chi connectivity index (χ1v) is 15.3. The lowest BCUT2D eigenvalue weighted by Gasteiger charge is -2.27. The molecule has 9 nitrogen and oxygen atoms in total. The van der Waals surface area contributed by atoms with Crippen molar-refractivity contribution in [2.45, 2.75) is 50.6 Å². The molecule has 3 aromatic rings. The SMILES string of the molecule is COc1ccc(CCN(Cc2ccc(C)s2)C(=O)CN(C2CC2)S(=O)(=O)c2ccc(NC(C)=O)cc2)cc1OC. The molecule has 2 aromatic carbocycles. The molecule has 4 rings (SSSR count). The maximum atomic E-state index is 13.7. The van der Waals surface area contributed by atoms with E-state index >= 15 is 0 Å². The van der Waals surface area contributed by atoms with Gasteiger partial charge in [0.1, 0.15) is 0 Å². The maximum Gasteiger partial charge on any atom is 0.243 e. The number of ether oxygens (including phenoxy) is 2. The molecule has 0 saturated heterocycles. The van der Waals surface area contributed by atoms with Gasteiger partial charge in [-0.1, -0.05) is 6.07 Å². The van der Waals surface area contributed by atoms with Gasteiger partial charge < -0.3 is 19.7 Å². The van der Waals surface area contributed by atoms with E-state index in [-0.39, 0.29) is 29.3 Å². The van der Waals surface area contributed by atoms with Gasteiger partial charge in [0.2, 0.25) is 21.8 Å². The number of aryl methyl sites for hydroxylation is 1. The van der Waals surface area contributed by atoms with Gasteiger partial charge in [-0.2, -0.15) is 4.31 Å². The van der Waals surface area contributed by atoms with Crippen LogP contribution >= 0.6 is 11.3 Å². The van der Waals surface area contributed by atoms with Crippen LogP contribution in [-0.2, 0) is 32.6 Å². The second-order valence-corrected chi connectivity index (χ2v) is 13.0. The number of hydrogen-bond donors (Lipinski definition) is 1. The number of nitrogens with one attached hydrogen (secondary N) is 1. The van der Waals surface area contributed by atoms with Crippen LogP contribution in [-0.4, -0.2) is 62.8 Å². The van der Waals surface area contributed by atoms with Crippen LogP contribution in [0.5, 0.6) is 11.5 Å². The molecule has 1 aliphatic carbocycles. The molecule has 0 spiro atoms. The van der Waals surface area contributed by atoms with Crippen molar-refractivity contribution in [3.05, 3.63) is 69.9 Å². The van der Waals surface area contributed by atoms with E-state index < -0.39 is 10.0 Å². The van der Waals surface area contributed by atoms with Crippen molar-refractivity contribution in [1.82, 2.24) is 9.21 Å². The minimum atomic E-state index is -3.92. The van der Waals surface area contributed by atoms with Crippen LogP contribution in [0.15, 0.2) is 59.5 Å². The molecular formula is C29H35N3O6S2. The number of rotatable bonds is 13. The fourth-order valence-electron chi connectivity index (χ4n) is 4.41. The van der Waals surface area contributed by atoms with Crippen LogP contribution in [0.1, 0.15) is 35.1 Å². The van der Waals surface area contributed by atoms with Crippen molar-refractivity contribution in [1.29, 1.82) is 0 Å². The van der Waals surface area contributed by atoms with E-state index in [9.17, 15) is 18.0 Å². The van der Waals surface area contributed by atoms with Gasteiger partial charge in [-0.15, -0.1) is 11.3 Å². The number of benzene rings is 2. The minimum Gasteiger partial charge on any atom is -0.493 e. The first-order chi connectivity index (χ1) is 19.1. The molecular weight excluding hydrogens is 550 g/mol. The van der Waals surface area contributed by atoms with Crippen molar-refractivity contribution in [2.75, 3.05) is 32.6 Å². The highest BCUT2D eigenvalue weighted by atomic mass is 32.2. The molecule has 1 saturated carbocycles. The Hall–Kier alpha value is -3.41. The van der Waals surface area contributed by atoms with E-state index in [0.29, 0.717) is 49.5 Å². The van der Waals surface area contributed by atoms with Crippen LogP contribution in [0.25, 0.3) is 0 Å². The number of carbonyl (C=O) groups is 2. The molecule has 214 valence electrons. The van der Waals surface area contributed by atoms with Gasteiger partial charge in [0.25, 0.3) is 0 Å². The molecule has 2 amide bonds. The van der Waals surface area contributed by atoms with Gasteiger partial charge in [0.05, 0.1) is 32.2 Å². The smallest absolute Gasteiger partial charge is 0.243 e. The predicted octanol–water partition coefficient (Wildman–Crippen LogP) is 4.46. The molecule has 0 bridgehead atoms. The first-order valence-electron chi connectivity index (χ1n) is 13.0. The molecule has 1 heterocycles. The quantitative estimate of drug-likeness (QED) is 0.318. The number of nitrogens with zero attached hydrogens (tertiary/aromatic N) is 2. The number of hydrogen-bond acceptors (Lipinski definition) is 7. The monoisotopic (exact) mass is 585 g/mol. The van der Waals surface area contributed by atoms with Gasteiger partial charge in [0, 0.05) is 35.0 Å². The van der Waals surface area contributed by atoms with Crippen LogP contribution in [0.4, 0.5) is 5.69 Å². The molecule has 0 atom stereocenters. The third-order valence-electron chi connectivity index (χ3n) is 6.64. The van der Waals surface area contributed by atoms with E-state index in [1.165, 1.54) is 23.4 Å². The maximum absolute atomic E-state index is 13.7. The van der Waals surface area contributed by atoms with E-state index in [2.05, 4.69) is 5.32 Å². The summed E-state index contributed by atoms with van der Waals surface area (Å²) in [6.45, 7) is 3.97. The standard InChI is InChI=1S/C29H35N3O6S2/c1-20-5-11-25(39-20)18-31(16-15-22-6-14-27(37-3)28(17-22)38-4)29(34)19-32(24-9-10-24)40(35,36)26-12-7-23(8-13-26)30-21(2)33/h5-8,11-14,17,24H,9-10,15-16,18-19H2,1-4H3,(H,30,33). The molecule has 0 unspecified atom stereocenters. The van der Waals surface area contributed by atoms with Gasteiger partial charge in [0.15, 0.2) is 11.5 Å². The molecule has 0 radical (unpaired) electrons. The number of carbonyl (C=O) groups excluding carboxylic acids is 2. The predicted molar refractivity (Wildman–Crippen MR) is 155 cm³/mol. The van der Waals surface area contributed by atoms with Gasteiger partial charge in [-0.3, -0.25) is 9.59 Å². The Bertz CT molecular complexity index is 1450. The zero-order chi connectivity index (χ0) is 28.9. The van der Waals surface area contributed by atoms with Crippen LogP contribution in [0, 0.1) is 6.92 Å². The van der Waals surface area contributed by atoms with Gasteiger partial charge in [-0.25, -0.2) is 8.42 Å². The summed E-state index contributed by atoms with van der Waals surface area (Å²) >= 11 is 1.62. The summed E-state index contributed by atoms with van der Waals surface area (Å²) in [7, 11) is -0.757. The normalized spacial score (nSPS) is 13.2. The molecule has 11 heteroatoms. The third kappa shape index (κ3) is 7.41. The lowest BCUT2D eigenvalue weighted by Crippen LogP contribution is -2.44. The summed E-state index contributed by atoms with van der Waals surface area (Å²) in [5.41, 5.74) is 1.48. The van der Waals surface area contributed by atoms with Crippen molar-refractivity contribution in [3.63, 3.8) is 0 Å². The number of anilines is 1. The molecule has 0 aliphatic heterocycles. The first kappa shape index (κ1) is 29.6. The Morgan fingerprint density at radius 2 is 1.70 bits per heavy atom. The Kier molecular flexibility index (Phi) is 9.49. The molecule has 1 N–H and O–H groups in total. The van der Waals surface area contributed by atoms with E-state index in [1.54, 1.807) is 42.6 Å². The van der Waals surface area contributed by atoms with Crippen molar-refractivity contribution in [3.8, 4) is 11.5 Å². The second-order valence-electron chi connectivity index (χ2n) is 9.75. The average Bonchev–Trinajstić information content (AvgIpc) is 3.69. The van der Waals surface area contributed by atoms with Crippen molar-refractivity contribution < 1.29 is 27.5 Å². The highest BCUT2D eigenvalue weighted by Gasteiger charge is 2.40. The largest absolute Gasteiger partial charge is 0.493 e. The van der Waals surface area contributed by atoms with Crippen LogP contribution in [0.2, 0.25) is 0 Å². The van der Waals surface area contributed by atoms with Crippen molar-refractivity contribution >= 4 is 38.9 Å². The summed E-state index contributed by atoms with van der Waals surface area (Å²) in [4.78, 5) is 29.1.